The highest BCUT2D eigenvalue weighted by Gasteiger charge is 2.18. The van der Waals surface area contributed by atoms with E-state index >= 15 is 0 Å². The van der Waals surface area contributed by atoms with Gasteiger partial charge in [0, 0.05) is 0 Å². The zero-order valence-electron chi connectivity index (χ0n) is 15.7. The molecule has 142 valence electrons. The van der Waals surface area contributed by atoms with E-state index in [2.05, 4.69) is 17.4 Å². The van der Waals surface area contributed by atoms with E-state index in [-0.39, 0.29) is 6.61 Å². The zero-order chi connectivity index (χ0) is 19.8. The molecular weight excluding hydrogens is 344 g/mol. The maximum atomic E-state index is 12.3. The summed E-state index contributed by atoms with van der Waals surface area (Å²) in [4.78, 5) is 24.6. The minimum atomic E-state index is -0.780. The number of aryl methyl sites for hydroxylation is 2. The standard InChI is InChI=1S/C21H24N2O4/c1-5-12-26-18-9-7-6-8-17(18)21(25)23-22-20(24)16(4)27-19-13-14(2)10-11-15(19)3/h5-11,13,16H,1,12H2,2-4H3,(H,22,24)(H,23,25). The van der Waals surface area contributed by atoms with Gasteiger partial charge in [0.15, 0.2) is 6.10 Å². The number of ether oxygens (including phenoxy) is 2. The van der Waals surface area contributed by atoms with E-state index in [1.165, 1.54) is 0 Å². The average molecular weight is 368 g/mol. The Morgan fingerprint density at radius 3 is 2.59 bits per heavy atom. The van der Waals surface area contributed by atoms with E-state index in [0.717, 1.165) is 11.1 Å². The van der Waals surface area contributed by atoms with E-state index in [9.17, 15) is 9.59 Å². The maximum Gasteiger partial charge on any atom is 0.279 e. The molecule has 0 saturated heterocycles. The number of benzene rings is 2. The first kappa shape index (κ1) is 20.0. The Morgan fingerprint density at radius 2 is 1.85 bits per heavy atom. The van der Waals surface area contributed by atoms with Gasteiger partial charge >= 0.3 is 0 Å². The largest absolute Gasteiger partial charge is 0.489 e. The fourth-order valence-electron chi connectivity index (χ4n) is 2.29. The van der Waals surface area contributed by atoms with Crippen LogP contribution in [0.3, 0.4) is 0 Å². The molecule has 0 fully saturated rings. The summed E-state index contributed by atoms with van der Waals surface area (Å²) in [6.07, 6.45) is 0.807. The number of hydrogen-bond donors (Lipinski definition) is 2. The summed E-state index contributed by atoms with van der Waals surface area (Å²) in [5.41, 5.74) is 7.03. The van der Waals surface area contributed by atoms with Gasteiger partial charge in [-0.25, -0.2) is 0 Å². The molecule has 2 aromatic rings. The zero-order valence-corrected chi connectivity index (χ0v) is 15.7. The minimum Gasteiger partial charge on any atom is -0.489 e. The Balaban J connectivity index is 1.95. The molecule has 0 aromatic heterocycles. The number of carbonyl (C=O) groups excluding carboxylic acids is 2. The number of rotatable bonds is 7. The molecule has 6 nitrogen and oxygen atoms in total. The summed E-state index contributed by atoms with van der Waals surface area (Å²) < 4.78 is 11.2. The lowest BCUT2D eigenvalue weighted by Gasteiger charge is -2.17. The van der Waals surface area contributed by atoms with Crippen molar-refractivity contribution in [3.05, 3.63) is 71.8 Å². The molecule has 27 heavy (non-hydrogen) atoms. The van der Waals surface area contributed by atoms with Gasteiger partial charge in [-0.1, -0.05) is 36.9 Å². The Kier molecular flexibility index (Phi) is 7.00. The Morgan fingerprint density at radius 1 is 1.11 bits per heavy atom. The summed E-state index contributed by atoms with van der Waals surface area (Å²) >= 11 is 0. The summed E-state index contributed by atoms with van der Waals surface area (Å²) in [5.74, 6) is 0.0895. The average Bonchev–Trinajstić information content (AvgIpc) is 2.67. The van der Waals surface area contributed by atoms with Gasteiger partial charge in [-0.3, -0.25) is 20.4 Å². The molecule has 0 spiro atoms. The van der Waals surface area contributed by atoms with Crippen LogP contribution in [-0.2, 0) is 4.79 Å². The van der Waals surface area contributed by atoms with Crippen molar-refractivity contribution in [3.63, 3.8) is 0 Å². The molecule has 2 rings (SSSR count). The minimum absolute atomic E-state index is 0.275. The maximum absolute atomic E-state index is 12.3. The van der Waals surface area contributed by atoms with Crippen LogP contribution in [0.4, 0.5) is 0 Å². The van der Waals surface area contributed by atoms with Crippen LogP contribution in [0.5, 0.6) is 11.5 Å². The van der Waals surface area contributed by atoms with Crippen LogP contribution in [0.1, 0.15) is 28.4 Å². The molecule has 0 aliphatic rings. The predicted octanol–water partition coefficient (Wildman–Crippen LogP) is 3.10. The van der Waals surface area contributed by atoms with Crippen molar-refractivity contribution >= 4 is 11.8 Å². The van der Waals surface area contributed by atoms with Crippen LogP contribution >= 0.6 is 0 Å². The Labute approximate surface area is 159 Å². The molecule has 0 bridgehead atoms. The van der Waals surface area contributed by atoms with Crippen LogP contribution in [0, 0.1) is 13.8 Å². The van der Waals surface area contributed by atoms with Crippen molar-refractivity contribution < 1.29 is 19.1 Å². The second kappa shape index (κ2) is 9.43. The number of hydrazine groups is 1. The SMILES string of the molecule is C=CCOc1ccccc1C(=O)NNC(=O)C(C)Oc1cc(C)ccc1C. The first-order chi connectivity index (χ1) is 12.9. The third-order valence-corrected chi connectivity index (χ3v) is 3.80. The second-order valence-corrected chi connectivity index (χ2v) is 6.07. The van der Waals surface area contributed by atoms with Crippen molar-refractivity contribution in [2.24, 2.45) is 0 Å². The monoisotopic (exact) mass is 368 g/mol. The first-order valence-electron chi connectivity index (χ1n) is 8.59. The molecule has 0 saturated carbocycles. The number of hydrogen-bond acceptors (Lipinski definition) is 4. The Bertz CT molecular complexity index is 833. The predicted molar refractivity (Wildman–Crippen MR) is 104 cm³/mol. The number of para-hydroxylation sites is 1. The van der Waals surface area contributed by atoms with E-state index < -0.39 is 17.9 Å². The van der Waals surface area contributed by atoms with Crippen molar-refractivity contribution in [2.75, 3.05) is 6.61 Å². The first-order valence-corrected chi connectivity index (χ1v) is 8.59. The third kappa shape index (κ3) is 5.60. The lowest BCUT2D eigenvalue weighted by atomic mass is 10.1. The highest BCUT2D eigenvalue weighted by molar-refractivity contribution is 5.98. The van der Waals surface area contributed by atoms with Crippen molar-refractivity contribution in [2.45, 2.75) is 26.9 Å². The van der Waals surface area contributed by atoms with Gasteiger partial charge < -0.3 is 9.47 Å². The summed E-state index contributed by atoms with van der Waals surface area (Å²) in [5, 5.41) is 0. The molecule has 1 unspecified atom stereocenters. The van der Waals surface area contributed by atoms with E-state index in [0.29, 0.717) is 17.1 Å². The van der Waals surface area contributed by atoms with Crippen molar-refractivity contribution in [3.8, 4) is 11.5 Å². The quantitative estimate of drug-likeness (QED) is 0.582. The molecule has 0 aliphatic heterocycles. The highest BCUT2D eigenvalue weighted by atomic mass is 16.5. The molecular formula is C21H24N2O4. The van der Waals surface area contributed by atoms with Crippen LogP contribution in [0.25, 0.3) is 0 Å². The molecule has 1 atom stereocenters. The fourth-order valence-corrected chi connectivity index (χ4v) is 2.29. The molecule has 0 heterocycles. The van der Waals surface area contributed by atoms with Crippen LogP contribution in [-0.4, -0.2) is 24.5 Å². The fraction of sp³-hybridized carbons (Fsp3) is 0.238. The van der Waals surface area contributed by atoms with E-state index in [1.54, 1.807) is 37.3 Å². The van der Waals surface area contributed by atoms with Crippen molar-refractivity contribution in [1.82, 2.24) is 10.9 Å². The van der Waals surface area contributed by atoms with E-state index in [1.807, 2.05) is 32.0 Å². The van der Waals surface area contributed by atoms with Crippen LogP contribution in [0.2, 0.25) is 0 Å². The van der Waals surface area contributed by atoms with Gasteiger partial charge in [0.1, 0.15) is 18.1 Å². The smallest absolute Gasteiger partial charge is 0.279 e. The molecule has 6 heteroatoms. The van der Waals surface area contributed by atoms with Gasteiger partial charge in [0.05, 0.1) is 5.56 Å². The summed E-state index contributed by atoms with van der Waals surface area (Å²) in [6, 6.07) is 12.5. The molecule has 2 amide bonds. The Hall–Kier alpha value is -3.28. The highest BCUT2D eigenvalue weighted by Crippen LogP contribution is 2.20. The van der Waals surface area contributed by atoms with Gasteiger partial charge in [-0.15, -0.1) is 0 Å². The summed E-state index contributed by atoms with van der Waals surface area (Å²) in [6.45, 7) is 9.32. The van der Waals surface area contributed by atoms with Crippen LogP contribution in [0.15, 0.2) is 55.1 Å². The topological polar surface area (TPSA) is 76.7 Å². The third-order valence-electron chi connectivity index (χ3n) is 3.80. The second-order valence-electron chi connectivity index (χ2n) is 6.07. The normalized spacial score (nSPS) is 11.2. The van der Waals surface area contributed by atoms with Gasteiger partial charge in [-0.2, -0.15) is 0 Å². The number of amides is 2. The lowest BCUT2D eigenvalue weighted by molar-refractivity contribution is -0.128. The van der Waals surface area contributed by atoms with E-state index in [4.69, 9.17) is 9.47 Å². The number of nitrogens with one attached hydrogen (secondary N) is 2. The summed E-state index contributed by atoms with van der Waals surface area (Å²) in [7, 11) is 0. The van der Waals surface area contributed by atoms with Crippen molar-refractivity contribution in [1.29, 1.82) is 0 Å². The molecule has 0 radical (unpaired) electrons. The molecule has 2 N–H and O–H groups in total. The van der Waals surface area contributed by atoms with Gasteiger partial charge in [0.2, 0.25) is 0 Å². The van der Waals surface area contributed by atoms with Gasteiger partial charge in [0.25, 0.3) is 11.8 Å². The lowest BCUT2D eigenvalue weighted by Crippen LogP contribution is -2.47. The molecule has 2 aromatic carbocycles. The number of carbonyl (C=O) groups is 2. The van der Waals surface area contributed by atoms with Gasteiger partial charge in [-0.05, 0) is 50.1 Å². The molecule has 0 aliphatic carbocycles. The van der Waals surface area contributed by atoms with Crippen LogP contribution < -0.4 is 20.3 Å².